The molecule has 7 heteroatoms. The van der Waals surface area contributed by atoms with Crippen molar-refractivity contribution in [1.29, 1.82) is 0 Å². The third-order valence-electron chi connectivity index (χ3n) is 4.11. The van der Waals surface area contributed by atoms with E-state index in [9.17, 15) is 18.1 Å². The van der Waals surface area contributed by atoms with Crippen molar-refractivity contribution < 1.29 is 74.2 Å². The van der Waals surface area contributed by atoms with Crippen LogP contribution in [0.1, 0.15) is 51.0 Å². The van der Waals surface area contributed by atoms with Crippen LogP contribution in [0.3, 0.4) is 0 Å². The molecule has 0 aliphatic rings. The predicted molar refractivity (Wildman–Crippen MR) is 99.3 cm³/mol. The van der Waals surface area contributed by atoms with Crippen LogP contribution >= 0.6 is 0 Å². The van der Waals surface area contributed by atoms with E-state index in [1.807, 2.05) is 0 Å². The monoisotopic (exact) mass is 416 g/mol. The van der Waals surface area contributed by atoms with Crippen molar-refractivity contribution in [2.45, 2.75) is 56.8 Å². The Balaban J connectivity index is 0.00000364. The SMILES string of the molecule is CCCCCCCCc1cc([O-])cc(Oc2ccccc2S(=O)(=O)O)c1.[K+]. The first-order valence-corrected chi connectivity index (χ1v) is 10.4. The Bertz CT molecular complexity index is 821. The molecule has 0 aliphatic carbocycles. The van der Waals surface area contributed by atoms with Gasteiger partial charge in [-0.1, -0.05) is 57.2 Å². The number of benzene rings is 2. The molecule has 0 amide bonds. The number of para-hydroxylation sites is 1. The van der Waals surface area contributed by atoms with Crippen molar-refractivity contribution in [3.8, 4) is 17.2 Å². The van der Waals surface area contributed by atoms with Gasteiger partial charge in [0, 0.05) is 0 Å². The second kappa shape index (κ2) is 12.2. The van der Waals surface area contributed by atoms with Gasteiger partial charge in [0.25, 0.3) is 10.1 Å². The third kappa shape index (κ3) is 8.64. The molecular formula is C20H25KO5S. The van der Waals surface area contributed by atoms with E-state index in [4.69, 9.17) is 4.74 Å². The molecule has 2 aromatic rings. The summed E-state index contributed by atoms with van der Waals surface area (Å²) in [6, 6.07) is 10.4. The minimum absolute atomic E-state index is 0. The zero-order chi connectivity index (χ0) is 19.0. The summed E-state index contributed by atoms with van der Waals surface area (Å²) < 4.78 is 37.8. The summed E-state index contributed by atoms with van der Waals surface area (Å²) in [7, 11) is -4.40. The van der Waals surface area contributed by atoms with Crippen LogP contribution in [0, 0.1) is 0 Å². The number of hydrogen-bond acceptors (Lipinski definition) is 4. The van der Waals surface area contributed by atoms with Gasteiger partial charge < -0.3 is 9.84 Å². The first-order chi connectivity index (χ1) is 12.4. The van der Waals surface area contributed by atoms with E-state index in [1.54, 1.807) is 18.2 Å². The average Bonchev–Trinajstić information content (AvgIpc) is 2.57. The molecule has 0 unspecified atom stereocenters. The maximum Gasteiger partial charge on any atom is 1.00 e. The molecule has 2 aromatic carbocycles. The van der Waals surface area contributed by atoms with E-state index in [1.165, 1.54) is 49.9 Å². The van der Waals surface area contributed by atoms with Gasteiger partial charge in [0.1, 0.15) is 16.4 Å². The number of rotatable bonds is 10. The van der Waals surface area contributed by atoms with Crippen molar-refractivity contribution in [3.63, 3.8) is 0 Å². The van der Waals surface area contributed by atoms with Crippen LogP contribution in [0.25, 0.3) is 0 Å². The van der Waals surface area contributed by atoms with Crippen molar-refractivity contribution in [3.05, 3.63) is 48.0 Å². The first kappa shape index (κ1) is 24.6. The summed E-state index contributed by atoms with van der Waals surface area (Å²) in [5.41, 5.74) is 0.868. The van der Waals surface area contributed by atoms with Crippen molar-refractivity contribution in [2.24, 2.45) is 0 Å². The normalized spacial score (nSPS) is 11.0. The zero-order valence-corrected chi connectivity index (χ0v) is 19.9. The second-order valence-electron chi connectivity index (χ2n) is 6.35. The minimum atomic E-state index is -4.40. The van der Waals surface area contributed by atoms with Crippen molar-refractivity contribution >= 4 is 10.1 Å². The molecule has 0 saturated carbocycles. The summed E-state index contributed by atoms with van der Waals surface area (Å²) in [4.78, 5) is -0.325. The Labute approximate surface area is 204 Å². The molecule has 0 aliphatic heterocycles. The third-order valence-corrected chi connectivity index (χ3v) is 5.01. The Morgan fingerprint density at radius 3 is 2.37 bits per heavy atom. The fraction of sp³-hybridized carbons (Fsp3) is 0.400. The maximum atomic E-state index is 11.9. The molecule has 0 aromatic heterocycles. The number of unbranched alkanes of at least 4 members (excludes halogenated alkanes) is 5. The summed E-state index contributed by atoms with van der Waals surface area (Å²) in [5.74, 6) is 0.0773. The molecule has 0 fully saturated rings. The Kier molecular flexibility index (Phi) is 11.1. The van der Waals surface area contributed by atoms with Gasteiger partial charge in [-0.25, -0.2) is 0 Å². The molecular weight excluding hydrogens is 391 g/mol. The van der Waals surface area contributed by atoms with Gasteiger partial charge in [0.15, 0.2) is 0 Å². The Hall–Kier alpha value is -0.414. The molecule has 2 rings (SSSR count). The van der Waals surface area contributed by atoms with Crippen molar-refractivity contribution in [1.82, 2.24) is 0 Å². The molecule has 0 spiro atoms. The van der Waals surface area contributed by atoms with Crippen LogP contribution in [0.2, 0.25) is 0 Å². The smallest absolute Gasteiger partial charge is 0.872 e. The molecule has 1 N–H and O–H groups in total. The van der Waals surface area contributed by atoms with Crippen LogP contribution in [0.15, 0.2) is 47.4 Å². The molecule has 142 valence electrons. The van der Waals surface area contributed by atoms with Crippen LogP contribution in [0.5, 0.6) is 17.2 Å². The van der Waals surface area contributed by atoms with Gasteiger partial charge in [-0.05, 0) is 42.7 Å². The van der Waals surface area contributed by atoms with Gasteiger partial charge >= 0.3 is 51.4 Å². The van der Waals surface area contributed by atoms with E-state index in [0.717, 1.165) is 24.8 Å². The van der Waals surface area contributed by atoms with Crippen LogP contribution in [0.4, 0.5) is 0 Å². The molecule has 0 saturated heterocycles. The fourth-order valence-corrected chi connectivity index (χ4v) is 3.43. The van der Waals surface area contributed by atoms with E-state index >= 15 is 0 Å². The van der Waals surface area contributed by atoms with Crippen LogP contribution < -0.4 is 61.2 Å². The maximum absolute atomic E-state index is 11.9. The largest absolute Gasteiger partial charge is 1.00 e. The van der Waals surface area contributed by atoms with Gasteiger partial charge in [-0.15, -0.1) is 5.75 Å². The summed E-state index contributed by atoms with van der Waals surface area (Å²) in [6.45, 7) is 2.18. The van der Waals surface area contributed by atoms with Gasteiger partial charge in [-0.2, -0.15) is 8.42 Å². The fourth-order valence-electron chi connectivity index (χ4n) is 2.82. The Morgan fingerprint density at radius 1 is 1.00 bits per heavy atom. The number of aryl methyl sites for hydroxylation is 1. The second-order valence-corrected chi connectivity index (χ2v) is 7.74. The molecule has 5 nitrogen and oxygen atoms in total. The first-order valence-electron chi connectivity index (χ1n) is 8.95. The molecule has 0 bridgehead atoms. The van der Waals surface area contributed by atoms with E-state index in [-0.39, 0.29) is 73.5 Å². The van der Waals surface area contributed by atoms with Gasteiger partial charge in [0.2, 0.25) is 0 Å². The number of ether oxygens (including phenoxy) is 1. The summed E-state index contributed by atoms with van der Waals surface area (Å²) in [5, 5.41) is 11.9. The average molecular weight is 417 g/mol. The molecule has 0 radical (unpaired) electrons. The van der Waals surface area contributed by atoms with E-state index in [0.29, 0.717) is 0 Å². The molecule has 27 heavy (non-hydrogen) atoms. The van der Waals surface area contributed by atoms with E-state index < -0.39 is 10.1 Å². The Morgan fingerprint density at radius 2 is 1.67 bits per heavy atom. The topological polar surface area (TPSA) is 86.7 Å². The van der Waals surface area contributed by atoms with Crippen molar-refractivity contribution in [2.75, 3.05) is 0 Å². The molecule has 0 heterocycles. The standard InChI is InChI=1S/C20H26O5S.K/c1-2-3-4-5-6-7-10-16-13-17(21)15-18(14-16)25-19-11-8-9-12-20(19)26(22,23)24;/h8-9,11-15,21H,2-7,10H2,1H3,(H,22,23,24);/q;+1/p-1. The summed E-state index contributed by atoms with van der Waals surface area (Å²) in [6.07, 6.45) is 7.78. The van der Waals surface area contributed by atoms with Crippen LogP contribution in [-0.2, 0) is 16.5 Å². The van der Waals surface area contributed by atoms with E-state index in [2.05, 4.69) is 6.92 Å². The minimum Gasteiger partial charge on any atom is -0.872 e. The summed E-state index contributed by atoms with van der Waals surface area (Å²) >= 11 is 0. The predicted octanol–water partition coefficient (Wildman–Crippen LogP) is 1.71. The number of hydrogen-bond donors (Lipinski definition) is 1. The molecule has 0 atom stereocenters. The van der Waals surface area contributed by atoms with Crippen LogP contribution in [-0.4, -0.2) is 13.0 Å². The quantitative estimate of drug-likeness (QED) is 0.362. The zero-order valence-electron chi connectivity index (χ0n) is 16.0. The van der Waals surface area contributed by atoms with Gasteiger partial charge in [0.05, 0.1) is 0 Å². The van der Waals surface area contributed by atoms with Gasteiger partial charge in [-0.3, -0.25) is 4.55 Å².